The maximum Gasteiger partial charge on any atom is 0.265 e. The van der Waals surface area contributed by atoms with Crippen molar-refractivity contribution in [3.05, 3.63) is 72.9 Å². The molecular formula is C22H23N3O5S. The standard InChI is InChI=1S/C22H23N3O5S/c1-3-29-18-9-11-19(12-10-18)30-16(2)22(26)24-17-7-13-20(14-8-17)31(27,28)25-21-6-4-5-15-23-21/h4-16H,3H2,1-2H3,(H,23,25)(H,24,26). The van der Waals surface area contributed by atoms with Crippen LogP contribution in [0.4, 0.5) is 11.5 Å². The molecule has 1 atom stereocenters. The molecule has 1 amide bonds. The number of sulfonamides is 1. The smallest absolute Gasteiger partial charge is 0.265 e. The minimum Gasteiger partial charge on any atom is -0.494 e. The van der Waals surface area contributed by atoms with E-state index in [2.05, 4.69) is 15.0 Å². The summed E-state index contributed by atoms with van der Waals surface area (Å²) >= 11 is 0. The van der Waals surface area contributed by atoms with Crippen LogP contribution in [0.1, 0.15) is 13.8 Å². The van der Waals surface area contributed by atoms with Crippen molar-refractivity contribution in [2.75, 3.05) is 16.6 Å². The number of pyridine rings is 1. The Morgan fingerprint density at radius 2 is 1.68 bits per heavy atom. The number of hydrogen-bond acceptors (Lipinski definition) is 6. The fraction of sp³-hybridized carbons (Fsp3) is 0.182. The second-order valence-corrected chi connectivity index (χ2v) is 8.18. The van der Waals surface area contributed by atoms with Crippen LogP contribution in [-0.4, -0.2) is 32.0 Å². The van der Waals surface area contributed by atoms with Gasteiger partial charge in [0, 0.05) is 11.9 Å². The van der Waals surface area contributed by atoms with E-state index in [0.29, 0.717) is 18.0 Å². The van der Waals surface area contributed by atoms with Crippen LogP contribution in [0.5, 0.6) is 11.5 Å². The fourth-order valence-corrected chi connectivity index (χ4v) is 3.63. The van der Waals surface area contributed by atoms with Gasteiger partial charge in [-0.15, -0.1) is 0 Å². The number of carbonyl (C=O) groups is 1. The molecule has 0 aliphatic heterocycles. The van der Waals surface area contributed by atoms with Crippen molar-refractivity contribution < 1.29 is 22.7 Å². The summed E-state index contributed by atoms with van der Waals surface area (Å²) in [6.45, 7) is 4.09. The van der Waals surface area contributed by atoms with Crippen molar-refractivity contribution in [3.63, 3.8) is 0 Å². The van der Waals surface area contributed by atoms with Crippen LogP contribution in [0.3, 0.4) is 0 Å². The van der Waals surface area contributed by atoms with Crippen molar-refractivity contribution >= 4 is 27.4 Å². The van der Waals surface area contributed by atoms with Gasteiger partial charge in [0.25, 0.3) is 15.9 Å². The lowest BCUT2D eigenvalue weighted by Gasteiger charge is -2.15. The third kappa shape index (κ3) is 6.19. The van der Waals surface area contributed by atoms with Crippen LogP contribution in [0, 0.1) is 0 Å². The summed E-state index contributed by atoms with van der Waals surface area (Å²) in [6.07, 6.45) is 0.736. The molecule has 8 nitrogen and oxygen atoms in total. The molecule has 1 unspecified atom stereocenters. The molecule has 9 heteroatoms. The summed E-state index contributed by atoms with van der Waals surface area (Å²) in [5.41, 5.74) is 0.448. The van der Waals surface area contributed by atoms with Gasteiger partial charge in [-0.2, -0.15) is 0 Å². The van der Waals surface area contributed by atoms with Gasteiger partial charge in [0.15, 0.2) is 6.10 Å². The van der Waals surface area contributed by atoms with E-state index >= 15 is 0 Å². The van der Waals surface area contributed by atoms with Crippen LogP contribution in [-0.2, 0) is 14.8 Å². The summed E-state index contributed by atoms with van der Waals surface area (Å²) in [7, 11) is -3.78. The lowest BCUT2D eigenvalue weighted by atomic mass is 10.3. The number of nitrogens with one attached hydrogen (secondary N) is 2. The Labute approximate surface area is 181 Å². The predicted molar refractivity (Wildman–Crippen MR) is 118 cm³/mol. The van der Waals surface area contributed by atoms with Crippen LogP contribution in [0.15, 0.2) is 77.8 Å². The van der Waals surface area contributed by atoms with Gasteiger partial charge in [-0.05, 0) is 74.5 Å². The highest BCUT2D eigenvalue weighted by atomic mass is 32.2. The van der Waals surface area contributed by atoms with Gasteiger partial charge in [0.2, 0.25) is 0 Å². The van der Waals surface area contributed by atoms with E-state index in [1.807, 2.05) is 6.92 Å². The monoisotopic (exact) mass is 441 g/mol. The Bertz CT molecular complexity index is 1100. The van der Waals surface area contributed by atoms with Gasteiger partial charge in [-0.25, -0.2) is 13.4 Å². The van der Waals surface area contributed by atoms with E-state index in [-0.39, 0.29) is 16.6 Å². The Morgan fingerprint density at radius 3 is 2.29 bits per heavy atom. The molecule has 3 aromatic rings. The van der Waals surface area contributed by atoms with E-state index in [9.17, 15) is 13.2 Å². The second kappa shape index (κ2) is 9.94. The molecule has 2 aromatic carbocycles. The van der Waals surface area contributed by atoms with E-state index in [0.717, 1.165) is 5.75 Å². The van der Waals surface area contributed by atoms with Gasteiger partial charge in [-0.3, -0.25) is 9.52 Å². The Kier molecular flexibility index (Phi) is 7.09. The van der Waals surface area contributed by atoms with E-state index in [1.54, 1.807) is 49.4 Å². The van der Waals surface area contributed by atoms with Gasteiger partial charge < -0.3 is 14.8 Å². The zero-order valence-electron chi connectivity index (χ0n) is 17.1. The maximum absolute atomic E-state index is 12.4. The number of hydrogen-bond donors (Lipinski definition) is 2. The van der Waals surface area contributed by atoms with E-state index in [4.69, 9.17) is 9.47 Å². The first kappa shape index (κ1) is 22.1. The first-order chi connectivity index (χ1) is 14.9. The van der Waals surface area contributed by atoms with Crippen LogP contribution in [0.2, 0.25) is 0 Å². The zero-order valence-corrected chi connectivity index (χ0v) is 17.9. The Hall–Kier alpha value is -3.59. The van der Waals surface area contributed by atoms with Crippen molar-refractivity contribution in [1.29, 1.82) is 0 Å². The molecule has 0 fully saturated rings. The van der Waals surface area contributed by atoms with Crippen LogP contribution < -0.4 is 19.5 Å². The summed E-state index contributed by atoms with van der Waals surface area (Å²) in [4.78, 5) is 16.4. The van der Waals surface area contributed by atoms with Gasteiger partial charge in [-0.1, -0.05) is 6.07 Å². The molecule has 0 aliphatic carbocycles. The number of carbonyl (C=O) groups excluding carboxylic acids is 1. The molecular weight excluding hydrogens is 418 g/mol. The molecule has 0 bridgehead atoms. The first-order valence-electron chi connectivity index (χ1n) is 9.61. The number of rotatable bonds is 9. The predicted octanol–water partition coefficient (Wildman–Crippen LogP) is 3.69. The molecule has 162 valence electrons. The molecule has 0 spiro atoms. The Balaban J connectivity index is 1.59. The van der Waals surface area contributed by atoms with Crippen LogP contribution >= 0.6 is 0 Å². The summed E-state index contributed by atoms with van der Waals surface area (Å²) in [6, 6.07) is 17.7. The topological polar surface area (TPSA) is 107 Å². The largest absolute Gasteiger partial charge is 0.494 e. The molecule has 3 rings (SSSR count). The highest BCUT2D eigenvalue weighted by Gasteiger charge is 2.17. The number of nitrogens with zero attached hydrogens (tertiary/aromatic N) is 1. The number of anilines is 2. The molecule has 0 aliphatic rings. The van der Waals surface area contributed by atoms with Gasteiger partial charge >= 0.3 is 0 Å². The highest BCUT2D eigenvalue weighted by Crippen LogP contribution is 2.20. The number of ether oxygens (including phenoxy) is 2. The third-order valence-corrected chi connectivity index (χ3v) is 5.52. The van der Waals surface area contributed by atoms with Crippen molar-refractivity contribution in [1.82, 2.24) is 4.98 Å². The molecule has 0 saturated carbocycles. The summed E-state index contributed by atoms with van der Waals surface area (Å²) < 4.78 is 38.3. The minimum atomic E-state index is -3.78. The summed E-state index contributed by atoms with van der Waals surface area (Å²) in [5, 5.41) is 2.71. The first-order valence-corrected chi connectivity index (χ1v) is 11.1. The zero-order chi connectivity index (χ0) is 22.3. The Morgan fingerprint density at radius 1 is 1.00 bits per heavy atom. The van der Waals surface area contributed by atoms with Crippen molar-refractivity contribution in [3.8, 4) is 11.5 Å². The average molecular weight is 442 g/mol. The molecule has 0 radical (unpaired) electrons. The molecule has 0 saturated heterocycles. The quantitative estimate of drug-likeness (QED) is 0.525. The lowest BCUT2D eigenvalue weighted by molar-refractivity contribution is -0.122. The average Bonchev–Trinajstić information content (AvgIpc) is 2.76. The number of benzene rings is 2. The number of amides is 1. The molecule has 1 heterocycles. The van der Waals surface area contributed by atoms with Crippen molar-refractivity contribution in [2.45, 2.75) is 24.8 Å². The SMILES string of the molecule is CCOc1ccc(OC(C)C(=O)Nc2ccc(S(=O)(=O)Nc3ccccn3)cc2)cc1. The normalized spacial score (nSPS) is 11.9. The maximum atomic E-state index is 12.4. The molecule has 1 aromatic heterocycles. The van der Waals surface area contributed by atoms with Gasteiger partial charge in [0.05, 0.1) is 11.5 Å². The lowest BCUT2D eigenvalue weighted by Crippen LogP contribution is -2.30. The summed E-state index contributed by atoms with van der Waals surface area (Å²) in [5.74, 6) is 1.11. The van der Waals surface area contributed by atoms with E-state index in [1.165, 1.54) is 30.5 Å². The molecule has 31 heavy (non-hydrogen) atoms. The van der Waals surface area contributed by atoms with Gasteiger partial charge in [0.1, 0.15) is 17.3 Å². The molecule has 2 N–H and O–H groups in total. The fourth-order valence-electron chi connectivity index (χ4n) is 2.62. The second-order valence-electron chi connectivity index (χ2n) is 6.50. The number of aromatic nitrogens is 1. The third-order valence-electron chi connectivity index (χ3n) is 4.15. The van der Waals surface area contributed by atoms with E-state index < -0.39 is 16.1 Å². The van der Waals surface area contributed by atoms with Crippen LogP contribution in [0.25, 0.3) is 0 Å². The minimum absolute atomic E-state index is 0.0508. The van der Waals surface area contributed by atoms with Crippen molar-refractivity contribution in [2.24, 2.45) is 0 Å². The highest BCUT2D eigenvalue weighted by molar-refractivity contribution is 7.92.